The number of hydrogen-bond donors (Lipinski definition) is 3. The van der Waals surface area contributed by atoms with E-state index in [0.717, 1.165) is 29.4 Å². The molecule has 0 unspecified atom stereocenters. The van der Waals surface area contributed by atoms with Crippen molar-refractivity contribution in [3.63, 3.8) is 0 Å². The van der Waals surface area contributed by atoms with Crippen LogP contribution in [0.5, 0.6) is 5.88 Å². The quantitative estimate of drug-likeness (QED) is 0.258. The van der Waals surface area contributed by atoms with Crippen LogP contribution in [0.4, 0.5) is 11.8 Å². The van der Waals surface area contributed by atoms with Crippen LogP contribution in [0.15, 0.2) is 83.9 Å². The zero-order chi connectivity index (χ0) is 28.5. The third kappa shape index (κ3) is 5.19. The Morgan fingerprint density at radius 2 is 1.88 bits per heavy atom. The fourth-order valence-electron chi connectivity index (χ4n) is 4.91. The second kappa shape index (κ2) is 10.7. The van der Waals surface area contributed by atoms with Crippen LogP contribution in [-0.2, 0) is 0 Å². The van der Waals surface area contributed by atoms with Crippen molar-refractivity contribution in [2.45, 2.75) is 31.8 Å². The predicted molar refractivity (Wildman–Crippen MR) is 158 cm³/mol. The highest BCUT2D eigenvalue weighted by Gasteiger charge is 2.27. The Bertz CT molecular complexity index is 1820. The van der Waals surface area contributed by atoms with Gasteiger partial charge in [-0.1, -0.05) is 36.4 Å². The maximum atomic E-state index is 14.4. The summed E-state index contributed by atoms with van der Waals surface area (Å²) in [6.07, 6.45) is 4.99. The molecule has 2 aromatic carbocycles. The van der Waals surface area contributed by atoms with Crippen LogP contribution in [0, 0.1) is 0 Å². The molecule has 5 aromatic rings. The van der Waals surface area contributed by atoms with Gasteiger partial charge in [0.2, 0.25) is 11.8 Å². The average molecular weight is 548 g/mol. The van der Waals surface area contributed by atoms with Crippen molar-refractivity contribution in [3.05, 3.63) is 101 Å². The lowest BCUT2D eigenvalue weighted by atomic mass is 9.98. The van der Waals surface area contributed by atoms with E-state index in [0.29, 0.717) is 34.0 Å². The first-order chi connectivity index (χ1) is 19.9. The number of nitrogen functional groups attached to an aromatic ring is 1. The van der Waals surface area contributed by atoms with E-state index in [1.807, 2.05) is 73.7 Å². The first-order valence-corrected chi connectivity index (χ1v) is 13.4. The number of rotatable bonds is 8. The van der Waals surface area contributed by atoms with E-state index in [1.54, 1.807) is 17.9 Å². The summed E-state index contributed by atoms with van der Waals surface area (Å²) in [5.41, 5.74) is 9.00. The predicted octanol–water partition coefficient (Wildman–Crippen LogP) is 4.50. The maximum Gasteiger partial charge on any atom is 0.263 e. The van der Waals surface area contributed by atoms with Gasteiger partial charge in [-0.25, -0.2) is 9.97 Å². The largest absolute Gasteiger partial charge is 0.481 e. The van der Waals surface area contributed by atoms with Gasteiger partial charge < -0.3 is 21.1 Å². The highest BCUT2D eigenvalue weighted by atomic mass is 16.5. The second-order valence-electron chi connectivity index (χ2n) is 10.0. The average Bonchev–Trinajstić information content (AvgIpc) is 3.81. The Morgan fingerprint density at radius 1 is 1.07 bits per heavy atom. The molecule has 0 radical (unpaired) electrons. The minimum atomic E-state index is -0.446. The number of pyridine rings is 2. The highest BCUT2D eigenvalue weighted by Crippen LogP contribution is 2.31. The molecule has 1 atom stereocenters. The molecule has 1 amide bonds. The zero-order valence-electron chi connectivity index (χ0n) is 22.7. The number of anilines is 2. The fourth-order valence-corrected chi connectivity index (χ4v) is 4.91. The number of para-hydroxylation sites is 1. The molecule has 6 rings (SSSR count). The Labute approximate surface area is 236 Å². The van der Waals surface area contributed by atoms with E-state index in [-0.39, 0.29) is 23.5 Å². The van der Waals surface area contributed by atoms with E-state index in [4.69, 9.17) is 10.5 Å². The normalized spacial score (nSPS) is 13.5. The van der Waals surface area contributed by atoms with Gasteiger partial charge in [0.25, 0.3) is 11.5 Å². The summed E-state index contributed by atoms with van der Waals surface area (Å²) in [5, 5.41) is 7.64. The standard InChI is InChI=1S/C31H29N7O3/c1-18(35-28-24(17-34-31(32)37-28)29(39)36-21-11-12-21)25-15-20-7-6-10-23(19-13-14-33-26(16-19)41-2)27(20)30(40)38(25)22-8-4-3-5-9-22/h3-10,13-18,21H,11-12H2,1-2H3,(H,36,39)(H3,32,34,35,37)/t18-/m0/s1. The summed E-state index contributed by atoms with van der Waals surface area (Å²) in [6, 6.07) is 20.6. The summed E-state index contributed by atoms with van der Waals surface area (Å²) in [4.78, 5) is 39.9. The molecule has 41 heavy (non-hydrogen) atoms. The van der Waals surface area contributed by atoms with Gasteiger partial charge >= 0.3 is 0 Å². The van der Waals surface area contributed by atoms with Crippen molar-refractivity contribution in [2.24, 2.45) is 0 Å². The third-order valence-corrected chi connectivity index (χ3v) is 7.11. The minimum Gasteiger partial charge on any atom is -0.481 e. The number of nitrogens with zero attached hydrogens (tertiary/aromatic N) is 4. The van der Waals surface area contributed by atoms with E-state index in [2.05, 4.69) is 25.6 Å². The van der Waals surface area contributed by atoms with Crippen molar-refractivity contribution in [1.29, 1.82) is 0 Å². The number of carbonyl (C=O) groups is 1. The number of amides is 1. The Balaban J connectivity index is 1.50. The van der Waals surface area contributed by atoms with Crippen molar-refractivity contribution in [1.82, 2.24) is 24.8 Å². The number of methoxy groups -OCH3 is 1. The lowest BCUT2D eigenvalue weighted by Gasteiger charge is -2.23. The summed E-state index contributed by atoms with van der Waals surface area (Å²) >= 11 is 0. The van der Waals surface area contributed by atoms with Crippen LogP contribution in [0.1, 0.15) is 41.9 Å². The molecule has 3 aromatic heterocycles. The number of hydrogen-bond acceptors (Lipinski definition) is 8. The van der Waals surface area contributed by atoms with Gasteiger partial charge in [-0.2, -0.15) is 4.98 Å². The number of fused-ring (bicyclic) bond motifs is 1. The molecule has 1 aliphatic carbocycles. The molecule has 3 heterocycles. The molecular weight excluding hydrogens is 518 g/mol. The van der Waals surface area contributed by atoms with E-state index in [1.165, 1.54) is 6.20 Å². The van der Waals surface area contributed by atoms with Crippen molar-refractivity contribution >= 4 is 28.4 Å². The topological polar surface area (TPSA) is 137 Å². The number of nitrogens with one attached hydrogen (secondary N) is 2. The van der Waals surface area contributed by atoms with Crippen LogP contribution in [0.25, 0.3) is 27.6 Å². The molecule has 0 aliphatic heterocycles. The zero-order valence-corrected chi connectivity index (χ0v) is 22.7. The summed E-state index contributed by atoms with van der Waals surface area (Å²) < 4.78 is 7.02. The third-order valence-electron chi connectivity index (χ3n) is 7.11. The van der Waals surface area contributed by atoms with Gasteiger partial charge in [0.05, 0.1) is 18.5 Å². The lowest BCUT2D eigenvalue weighted by Crippen LogP contribution is -2.29. The minimum absolute atomic E-state index is 0.0408. The Hall–Kier alpha value is -5.25. The molecule has 10 heteroatoms. The molecule has 1 saturated carbocycles. The van der Waals surface area contributed by atoms with Gasteiger partial charge in [-0.05, 0) is 60.5 Å². The van der Waals surface area contributed by atoms with Crippen molar-refractivity contribution in [3.8, 4) is 22.7 Å². The van der Waals surface area contributed by atoms with Crippen molar-refractivity contribution in [2.75, 3.05) is 18.2 Å². The molecule has 1 fully saturated rings. The van der Waals surface area contributed by atoms with Gasteiger partial charge in [0, 0.05) is 35.9 Å². The maximum absolute atomic E-state index is 14.4. The smallest absolute Gasteiger partial charge is 0.263 e. The number of nitrogens with two attached hydrogens (primary N) is 1. The van der Waals surface area contributed by atoms with Crippen molar-refractivity contribution < 1.29 is 9.53 Å². The summed E-state index contributed by atoms with van der Waals surface area (Å²) in [7, 11) is 1.56. The van der Waals surface area contributed by atoms with Gasteiger partial charge in [-0.15, -0.1) is 0 Å². The highest BCUT2D eigenvalue weighted by molar-refractivity contribution is 5.99. The Kier molecular flexibility index (Phi) is 6.80. The SMILES string of the molecule is COc1cc(-c2cccc3cc([C@H](C)Nc4nc(N)ncc4C(=O)NC4CC4)n(-c4ccccc4)c(=O)c23)ccn1. The van der Waals surface area contributed by atoms with Gasteiger partial charge in [0.15, 0.2) is 0 Å². The molecule has 0 bridgehead atoms. The lowest BCUT2D eigenvalue weighted by molar-refractivity contribution is 0.0951. The number of aromatic nitrogens is 4. The number of carbonyl (C=O) groups excluding carboxylic acids is 1. The number of benzene rings is 2. The van der Waals surface area contributed by atoms with Crippen LogP contribution in [-0.4, -0.2) is 38.6 Å². The molecule has 1 aliphatic rings. The summed E-state index contributed by atoms with van der Waals surface area (Å²) in [5.74, 6) is 0.536. The van der Waals surface area contributed by atoms with E-state index < -0.39 is 6.04 Å². The van der Waals surface area contributed by atoms with Crippen LogP contribution < -0.4 is 26.7 Å². The number of ether oxygens (including phenoxy) is 1. The molecule has 10 nitrogen and oxygen atoms in total. The first-order valence-electron chi connectivity index (χ1n) is 13.4. The van der Waals surface area contributed by atoms with Crippen LogP contribution in [0.2, 0.25) is 0 Å². The van der Waals surface area contributed by atoms with E-state index >= 15 is 0 Å². The molecule has 206 valence electrons. The Morgan fingerprint density at radius 3 is 2.63 bits per heavy atom. The molecule has 4 N–H and O–H groups in total. The molecule has 0 saturated heterocycles. The fraction of sp³-hybridized carbons (Fsp3) is 0.194. The second-order valence-corrected chi connectivity index (χ2v) is 10.0. The van der Waals surface area contributed by atoms with Gasteiger partial charge in [-0.3, -0.25) is 14.2 Å². The van der Waals surface area contributed by atoms with Gasteiger partial charge in [0.1, 0.15) is 11.4 Å². The first kappa shape index (κ1) is 26.0. The molecule has 0 spiro atoms. The molecular formula is C31H29N7O3. The van der Waals surface area contributed by atoms with E-state index in [9.17, 15) is 9.59 Å². The monoisotopic (exact) mass is 547 g/mol. The van der Waals surface area contributed by atoms with Crippen LogP contribution in [0.3, 0.4) is 0 Å². The van der Waals surface area contributed by atoms with Crippen LogP contribution >= 0.6 is 0 Å². The summed E-state index contributed by atoms with van der Waals surface area (Å²) in [6.45, 7) is 1.92.